The summed E-state index contributed by atoms with van der Waals surface area (Å²) in [7, 11) is 0. The summed E-state index contributed by atoms with van der Waals surface area (Å²) in [5, 5.41) is 29.7. The van der Waals surface area contributed by atoms with Crippen molar-refractivity contribution in [3.63, 3.8) is 0 Å². The monoisotopic (exact) mass is 290 g/mol. The van der Waals surface area contributed by atoms with Crippen LogP contribution < -0.4 is 0 Å². The first kappa shape index (κ1) is 14.6. The first-order valence-electron chi connectivity index (χ1n) is 7.80. The predicted molar refractivity (Wildman–Crippen MR) is 82.2 cm³/mol. The van der Waals surface area contributed by atoms with Crippen LogP contribution in [0.3, 0.4) is 0 Å². The van der Waals surface area contributed by atoms with Crippen molar-refractivity contribution < 1.29 is 5.11 Å². The van der Waals surface area contributed by atoms with Crippen molar-refractivity contribution in [3.05, 3.63) is 35.4 Å². The van der Waals surface area contributed by atoms with Crippen molar-refractivity contribution in [2.75, 3.05) is 0 Å². The molecule has 1 aromatic carbocycles. The van der Waals surface area contributed by atoms with E-state index in [9.17, 15) is 10.4 Å². The number of nitrogens with zero attached hydrogens (tertiary/aromatic N) is 2. The van der Waals surface area contributed by atoms with Crippen molar-refractivity contribution >= 4 is 0 Å². The molecular weight excluding hydrogens is 272 g/mol. The molecule has 0 unspecified atom stereocenters. The van der Waals surface area contributed by atoms with Gasteiger partial charge in [0, 0.05) is 11.5 Å². The van der Waals surface area contributed by atoms with Crippen molar-refractivity contribution in [2.45, 2.75) is 44.1 Å². The lowest BCUT2D eigenvalue weighted by Crippen LogP contribution is -2.44. The summed E-state index contributed by atoms with van der Waals surface area (Å²) in [5.41, 5.74) is -0.648. The molecule has 110 valence electrons. The second-order valence-corrected chi connectivity index (χ2v) is 6.38. The molecule has 0 heterocycles. The molecule has 3 nitrogen and oxygen atoms in total. The molecule has 3 heteroatoms. The van der Waals surface area contributed by atoms with E-state index in [0.29, 0.717) is 11.1 Å². The van der Waals surface area contributed by atoms with E-state index >= 15 is 0 Å². The Morgan fingerprint density at radius 2 is 1.82 bits per heavy atom. The van der Waals surface area contributed by atoms with Gasteiger partial charge in [-0.1, -0.05) is 30.7 Å². The van der Waals surface area contributed by atoms with Crippen LogP contribution in [0.15, 0.2) is 24.3 Å². The number of hydrogen-bond acceptors (Lipinski definition) is 3. The molecule has 2 fully saturated rings. The first-order valence-corrected chi connectivity index (χ1v) is 7.80. The maximum atomic E-state index is 11.2. The van der Waals surface area contributed by atoms with E-state index in [1.54, 1.807) is 18.2 Å². The molecule has 3 rings (SSSR count). The van der Waals surface area contributed by atoms with Gasteiger partial charge in [-0.25, -0.2) is 0 Å². The van der Waals surface area contributed by atoms with E-state index < -0.39 is 11.0 Å². The van der Waals surface area contributed by atoms with Crippen LogP contribution in [-0.4, -0.2) is 10.7 Å². The minimum Gasteiger partial charge on any atom is -0.376 e. The fraction of sp³-hybridized carbons (Fsp3) is 0.474. The average molecular weight is 290 g/mol. The summed E-state index contributed by atoms with van der Waals surface area (Å²) in [6, 6.07) is 11.5. The van der Waals surface area contributed by atoms with Crippen LogP contribution >= 0.6 is 0 Å². The lowest BCUT2D eigenvalue weighted by Gasteiger charge is -2.33. The van der Waals surface area contributed by atoms with Gasteiger partial charge in [-0.05, 0) is 43.9 Å². The number of hydrogen-bond donors (Lipinski definition) is 1. The second-order valence-electron chi connectivity index (χ2n) is 6.38. The number of aliphatic hydroxyl groups is 1. The molecular formula is C19H18N2O. The molecule has 2 saturated carbocycles. The van der Waals surface area contributed by atoms with Gasteiger partial charge < -0.3 is 5.11 Å². The lowest BCUT2D eigenvalue weighted by molar-refractivity contribution is -0.00659. The minimum atomic E-state index is -1.22. The summed E-state index contributed by atoms with van der Waals surface area (Å²) in [4.78, 5) is 0. The van der Waals surface area contributed by atoms with Crippen molar-refractivity contribution in [1.82, 2.24) is 0 Å². The molecule has 0 bridgehead atoms. The lowest BCUT2D eigenvalue weighted by atomic mass is 9.74. The normalized spacial score (nSPS) is 21.8. The molecule has 0 radical (unpaired) electrons. The largest absolute Gasteiger partial charge is 0.376 e. The molecule has 1 aromatic rings. The Balaban J connectivity index is 1.97. The van der Waals surface area contributed by atoms with E-state index in [0.717, 1.165) is 38.5 Å². The number of benzene rings is 1. The molecule has 0 amide bonds. The fourth-order valence-corrected chi connectivity index (χ4v) is 3.49. The van der Waals surface area contributed by atoms with Gasteiger partial charge in [-0.15, -0.1) is 0 Å². The molecule has 0 saturated heterocycles. The molecule has 0 aliphatic heterocycles. The zero-order chi connectivity index (χ0) is 15.6. The van der Waals surface area contributed by atoms with E-state index in [1.165, 1.54) is 0 Å². The van der Waals surface area contributed by atoms with Crippen molar-refractivity contribution in [3.8, 4) is 24.0 Å². The van der Waals surface area contributed by atoms with Gasteiger partial charge in [-0.2, -0.15) is 10.5 Å². The van der Waals surface area contributed by atoms with Gasteiger partial charge in [0.25, 0.3) is 0 Å². The third kappa shape index (κ3) is 2.37. The Morgan fingerprint density at radius 1 is 1.14 bits per heavy atom. The quantitative estimate of drug-likeness (QED) is 0.851. The maximum Gasteiger partial charge on any atom is 0.147 e. The maximum absolute atomic E-state index is 11.2. The molecule has 2 aliphatic carbocycles. The zero-order valence-corrected chi connectivity index (χ0v) is 12.5. The molecule has 2 aliphatic rings. The highest BCUT2D eigenvalue weighted by atomic mass is 16.3. The third-order valence-electron chi connectivity index (χ3n) is 5.03. The van der Waals surface area contributed by atoms with E-state index in [1.807, 2.05) is 6.07 Å². The predicted octanol–water partition coefficient (Wildman–Crippen LogP) is 3.13. The van der Waals surface area contributed by atoms with Crippen LogP contribution in [0.2, 0.25) is 0 Å². The average Bonchev–Trinajstić information content (AvgIpc) is 3.18. The topological polar surface area (TPSA) is 67.8 Å². The summed E-state index contributed by atoms with van der Waals surface area (Å²) in [6.07, 6.45) is 5.52. The summed E-state index contributed by atoms with van der Waals surface area (Å²) in [5.74, 6) is 6.13. The molecule has 22 heavy (non-hydrogen) atoms. The SMILES string of the molecule is N#Cc1cccc(C#C[C@@](O)(C2CCCC2)C2(C#N)CC2)c1. The Kier molecular flexibility index (Phi) is 3.66. The molecule has 0 spiro atoms. The summed E-state index contributed by atoms with van der Waals surface area (Å²) in [6.45, 7) is 0. The van der Waals surface area contributed by atoms with Gasteiger partial charge in [-0.3, -0.25) is 0 Å². The van der Waals surface area contributed by atoms with Crippen LogP contribution in [-0.2, 0) is 0 Å². The van der Waals surface area contributed by atoms with E-state index in [4.69, 9.17) is 5.26 Å². The third-order valence-corrected chi connectivity index (χ3v) is 5.03. The number of rotatable bonds is 2. The first-order chi connectivity index (χ1) is 10.6. The summed E-state index contributed by atoms with van der Waals surface area (Å²) < 4.78 is 0. The van der Waals surface area contributed by atoms with Crippen LogP contribution in [0, 0.1) is 45.8 Å². The zero-order valence-electron chi connectivity index (χ0n) is 12.5. The van der Waals surface area contributed by atoms with Crippen LogP contribution in [0.4, 0.5) is 0 Å². The van der Waals surface area contributed by atoms with Crippen LogP contribution in [0.25, 0.3) is 0 Å². The van der Waals surface area contributed by atoms with Crippen molar-refractivity contribution in [1.29, 1.82) is 10.5 Å². The van der Waals surface area contributed by atoms with Gasteiger partial charge in [0.2, 0.25) is 0 Å². The Labute approximate surface area is 131 Å². The molecule has 0 aromatic heterocycles. The van der Waals surface area contributed by atoms with Gasteiger partial charge in [0.05, 0.1) is 23.1 Å². The van der Waals surface area contributed by atoms with Gasteiger partial charge in [0.15, 0.2) is 0 Å². The molecule has 1 N–H and O–H groups in total. The fourth-order valence-electron chi connectivity index (χ4n) is 3.49. The smallest absolute Gasteiger partial charge is 0.147 e. The number of nitriles is 2. The Morgan fingerprint density at radius 3 is 2.41 bits per heavy atom. The second kappa shape index (κ2) is 5.49. The highest BCUT2D eigenvalue weighted by Gasteiger charge is 2.62. The van der Waals surface area contributed by atoms with E-state index in [-0.39, 0.29) is 5.92 Å². The van der Waals surface area contributed by atoms with E-state index in [2.05, 4.69) is 24.0 Å². The highest BCUT2D eigenvalue weighted by Crippen LogP contribution is 2.58. The van der Waals surface area contributed by atoms with Gasteiger partial charge in [0.1, 0.15) is 5.60 Å². The van der Waals surface area contributed by atoms with Crippen LogP contribution in [0.1, 0.15) is 49.7 Å². The van der Waals surface area contributed by atoms with Crippen LogP contribution in [0.5, 0.6) is 0 Å². The minimum absolute atomic E-state index is 0.0845. The highest BCUT2D eigenvalue weighted by molar-refractivity contribution is 5.44. The Bertz CT molecular complexity index is 718. The summed E-state index contributed by atoms with van der Waals surface area (Å²) >= 11 is 0. The van der Waals surface area contributed by atoms with Gasteiger partial charge >= 0.3 is 0 Å². The molecule has 1 atom stereocenters. The van der Waals surface area contributed by atoms with Crippen molar-refractivity contribution in [2.24, 2.45) is 11.3 Å². The standard InChI is InChI=1S/C19H18N2O/c20-13-16-5-3-4-15(12-16)8-9-19(22,17-6-1-2-7-17)18(14-21)10-11-18/h3-5,12,17,22H,1-2,6-7,10-11H2/t19-/m1/s1. The Hall–Kier alpha value is -2.28.